The van der Waals surface area contributed by atoms with Crippen LogP contribution in [-0.4, -0.2) is 30.7 Å². The predicted molar refractivity (Wildman–Crippen MR) is 105 cm³/mol. The van der Waals surface area contributed by atoms with Crippen LogP contribution in [0.15, 0.2) is 48.5 Å². The van der Waals surface area contributed by atoms with Gasteiger partial charge >= 0.3 is 5.97 Å². The third-order valence-electron chi connectivity index (χ3n) is 4.23. The maximum absolute atomic E-state index is 12.6. The number of carbonyl (C=O) groups is 4. The van der Waals surface area contributed by atoms with Gasteiger partial charge in [0.05, 0.1) is 12.7 Å². The zero-order valence-corrected chi connectivity index (χ0v) is 16.2. The van der Waals surface area contributed by atoms with E-state index in [1.165, 1.54) is 40.0 Å². The van der Waals surface area contributed by atoms with E-state index in [1.54, 1.807) is 36.4 Å². The summed E-state index contributed by atoms with van der Waals surface area (Å²) in [6.07, 6.45) is 0. The molecule has 7 nitrogen and oxygen atoms in total. The van der Waals surface area contributed by atoms with E-state index in [1.807, 2.05) is 0 Å². The van der Waals surface area contributed by atoms with Crippen molar-refractivity contribution in [3.63, 3.8) is 0 Å². The Morgan fingerprint density at radius 1 is 0.821 bits per heavy atom. The van der Waals surface area contributed by atoms with E-state index in [4.69, 9.17) is 0 Å². The molecule has 0 bridgehead atoms. The van der Waals surface area contributed by atoms with Crippen LogP contribution in [0.25, 0.3) is 0 Å². The summed E-state index contributed by atoms with van der Waals surface area (Å²) < 4.78 is 4.62. The summed E-state index contributed by atoms with van der Waals surface area (Å²) >= 11 is 0. The first kappa shape index (κ1) is 20.8. The van der Waals surface area contributed by atoms with Crippen LogP contribution < -0.4 is 10.6 Å². The third kappa shape index (κ3) is 4.82. The highest BCUT2D eigenvalue weighted by Gasteiger charge is 2.36. The van der Waals surface area contributed by atoms with Gasteiger partial charge < -0.3 is 15.4 Å². The molecule has 0 aromatic heterocycles. The fourth-order valence-corrected chi connectivity index (χ4v) is 2.30. The first-order valence-electron chi connectivity index (χ1n) is 8.57. The van der Waals surface area contributed by atoms with Crippen LogP contribution in [0.2, 0.25) is 0 Å². The van der Waals surface area contributed by atoms with Gasteiger partial charge in [0, 0.05) is 16.9 Å². The van der Waals surface area contributed by atoms with Crippen LogP contribution in [0.5, 0.6) is 0 Å². The van der Waals surface area contributed by atoms with Crippen LogP contribution >= 0.6 is 0 Å². The van der Waals surface area contributed by atoms with Crippen molar-refractivity contribution in [2.24, 2.45) is 5.41 Å². The van der Waals surface area contributed by atoms with Gasteiger partial charge in [-0.05, 0) is 57.2 Å². The molecule has 0 saturated heterocycles. The zero-order chi connectivity index (χ0) is 20.9. The third-order valence-corrected chi connectivity index (χ3v) is 4.23. The zero-order valence-electron chi connectivity index (χ0n) is 16.2. The second-order valence-electron chi connectivity index (χ2n) is 6.74. The first-order valence-corrected chi connectivity index (χ1v) is 8.57. The van der Waals surface area contributed by atoms with E-state index in [0.29, 0.717) is 22.5 Å². The Morgan fingerprint density at radius 3 is 1.93 bits per heavy atom. The van der Waals surface area contributed by atoms with Gasteiger partial charge in [0.2, 0.25) is 11.8 Å². The summed E-state index contributed by atoms with van der Waals surface area (Å²) in [5.74, 6) is -1.63. The monoisotopic (exact) mass is 382 g/mol. The molecule has 7 heteroatoms. The van der Waals surface area contributed by atoms with Crippen molar-refractivity contribution in [3.05, 3.63) is 59.7 Å². The van der Waals surface area contributed by atoms with Gasteiger partial charge in [0.25, 0.3) is 0 Å². The first-order chi connectivity index (χ1) is 13.1. The summed E-state index contributed by atoms with van der Waals surface area (Å²) in [7, 11) is 1.28. The number of ketones is 1. The number of Topliss-reactive ketones (excluding diaryl/α,β-unsaturated/α-hetero) is 1. The van der Waals surface area contributed by atoms with Gasteiger partial charge in [0.1, 0.15) is 5.41 Å². The molecule has 0 saturated carbocycles. The SMILES string of the molecule is COC(=O)c1ccc(NC(=O)C(C)(C)C(=O)Nc2cccc(C(C)=O)c2)cc1. The molecule has 0 radical (unpaired) electrons. The quantitative estimate of drug-likeness (QED) is 0.454. The van der Waals surface area contributed by atoms with E-state index in [-0.39, 0.29) is 5.78 Å². The number of nitrogens with one attached hydrogen (secondary N) is 2. The van der Waals surface area contributed by atoms with Crippen molar-refractivity contribution in [2.45, 2.75) is 20.8 Å². The van der Waals surface area contributed by atoms with E-state index >= 15 is 0 Å². The maximum Gasteiger partial charge on any atom is 0.337 e. The summed E-state index contributed by atoms with van der Waals surface area (Å²) in [6, 6.07) is 12.6. The van der Waals surface area contributed by atoms with Gasteiger partial charge in [-0.3, -0.25) is 14.4 Å². The molecule has 2 aromatic carbocycles. The highest BCUT2D eigenvalue weighted by Crippen LogP contribution is 2.22. The summed E-state index contributed by atoms with van der Waals surface area (Å²) in [4.78, 5) is 48.1. The number of anilines is 2. The van der Waals surface area contributed by atoms with Gasteiger partial charge in [-0.25, -0.2) is 4.79 Å². The average Bonchev–Trinajstić information content (AvgIpc) is 2.68. The number of hydrogen-bond donors (Lipinski definition) is 2. The molecule has 146 valence electrons. The minimum Gasteiger partial charge on any atom is -0.465 e. The largest absolute Gasteiger partial charge is 0.465 e. The molecule has 0 aliphatic carbocycles. The van der Waals surface area contributed by atoms with E-state index in [2.05, 4.69) is 15.4 Å². The number of hydrogen-bond acceptors (Lipinski definition) is 5. The van der Waals surface area contributed by atoms with Crippen LogP contribution in [0, 0.1) is 5.41 Å². The predicted octanol–water partition coefficient (Wildman–Crippen LogP) is 3.28. The Balaban J connectivity index is 2.09. The van der Waals surface area contributed by atoms with Gasteiger partial charge in [-0.1, -0.05) is 12.1 Å². The second-order valence-corrected chi connectivity index (χ2v) is 6.74. The molecule has 0 heterocycles. The molecular weight excluding hydrogens is 360 g/mol. The molecule has 2 N–H and O–H groups in total. The van der Waals surface area contributed by atoms with Crippen molar-refractivity contribution in [2.75, 3.05) is 17.7 Å². The molecular formula is C21H22N2O5. The number of methoxy groups -OCH3 is 1. The maximum atomic E-state index is 12.6. The molecule has 2 rings (SSSR count). The van der Waals surface area contributed by atoms with Crippen molar-refractivity contribution < 1.29 is 23.9 Å². The Kier molecular flexibility index (Phi) is 6.30. The van der Waals surface area contributed by atoms with Crippen molar-refractivity contribution in [1.82, 2.24) is 0 Å². The topological polar surface area (TPSA) is 102 Å². The lowest BCUT2D eigenvalue weighted by Crippen LogP contribution is -2.41. The van der Waals surface area contributed by atoms with Crippen molar-refractivity contribution >= 4 is 34.9 Å². The number of rotatable bonds is 6. The Labute approximate surface area is 163 Å². The highest BCUT2D eigenvalue weighted by atomic mass is 16.5. The highest BCUT2D eigenvalue weighted by molar-refractivity contribution is 6.14. The molecule has 2 amide bonds. The molecule has 0 aliphatic heterocycles. The Bertz CT molecular complexity index is 917. The number of ether oxygens (including phenoxy) is 1. The average molecular weight is 382 g/mol. The number of amides is 2. The molecule has 28 heavy (non-hydrogen) atoms. The van der Waals surface area contributed by atoms with E-state index < -0.39 is 23.2 Å². The molecule has 0 fully saturated rings. The normalized spacial score (nSPS) is 10.7. The Hall–Kier alpha value is -3.48. The molecule has 0 aliphatic rings. The smallest absolute Gasteiger partial charge is 0.337 e. The fraction of sp³-hybridized carbons (Fsp3) is 0.238. The van der Waals surface area contributed by atoms with Gasteiger partial charge in [-0.2, -0.15) is 0 Å². The summed E-state index contributed by atoms with van der Waals surface area (Å²) in [5, 5.41) is 5.32. The lowest BCUT2D eigenvalue weighted by molar-refractivity contribution is -0.135. The number of carbonyl (C=O) groups excluding carboxylic acids is 4. The fourth-order valence-electron chi connectivity index (χ4n) is 2.30. The number of esters is 1. The number of benzene rings is 2. The second kappa shape index (κ2) is 8.47. The molecule has 0 atom stereocenters. The van der Waals surface area contributed by atoms with Crippen molar-refractivity contribution in [1.29, 1.82) is 0 Å². The summed E-state index contributed by atoms with van der Waals surface area (Å²) in [6.45, 7) is 4.43. The lowest BCUT2D eigenvalue weighted by atomic mass is 9.90. The standard InChI is InChI=1S/C21H22N2O5/c1-13(24)15-6-5-7-17(12-15)23-20(27)21(2,3)19(26)22-16-10-8-14(9-11-16)18(25)28-4/h5-12H,1-4H3,(H,22,26)(H,23,27). The van der Waals surface area contributed by atoms with Crippen molar-refractivity contribution in [3.8, 4) is 0 Å². The molecule has 2 aromatic rings. The molecule has 0 spiro atoms. The van der Waals surface area contributed by atoms with Crippen LogP contribution in [0.4, 0.5) is 11.4 Å². The van der Waals surface area contributed by atoms with E-state index in [9.17, 15) is 19.2 Å². The summed E-state index contributed by atoms with van der Waals surface area (Å²) in [5.41, 5.74) is 0.305. The van der Waals surface area contributed by atoms with Crippen LogP contribution in [-0.2, 0) is 14.3 Å². The van der Waals surface area contributed by atoms with Crippen LogP contribution in [0.1, 0.15) is 41.5 Å². The van der Waals surface area contributed by atoms with Gasteiger partial charge in [-0.15, -0.1) is 0 Å². The minimum absolute atomic E-state index is 0.122. The van der Waals surface area contributed by atoms with E-state index in [0.717, 1.165) is 0 Å². The van der Waals surface area contributed by atoms with Crippen LogP contribution in [0.3, 0.4) is 0 Å². The Morgan fingerprint density at radius 2 is 1.39 bits per heavy atom. The van der Waals surface area contributed by atoms with Gasteiger partial charge in [0.15, 0.2) is 5.78 Å². The lowest BCUT2D eigenvalue weighted by Gasteiger charge is -2.23. The minimum atomic E-state index is -1.38. The molecule has 0 unspecified atom stereocenters.